The lowest BCUT2D eigenvalue weighted by Crippen LogP contribution is -2.20. The van der Waals surface area contributed by atoms with Crippen LogP contribution in [0.25, 0.3) is 0 Å². The summed E-state index contributed by atoms with van der Waals surface area (Å²) in [6.07, 6.45) is 0. The maximum Gasteiger partial charge on any atom is 0.346 e. The molecule has 0 unspecified atom stereocenters. The lowest BCUT2D eigenvalue weighted by molar-refractivity contribution is 0.347. The van der Waals surface area contributed by atoms with Crippen LogP contribution in [-0.2, 0) is 11.1 Å². The van der Waals surface area contributed by atoms with E-state index in [1.807, 2.05) is 0 Å². The molecule has 7 heteroatoms. The van der Waals surface area contributed by atoms with Gasteiger partial charge >= 0.3 is 7.60 Å². The summed E-state index contributed by atoms with van der Waals surface area (Å²) in [5.41, 5.74) is 1.32. The zero-order valence-electron chi connectivity index (χ0n) is 9.86. The lowest BCUT2D eigenvalue weighted by Gasteiger charge is -2.19. The molecular weight excluding hydrogens is 288 g/mol. The minimum atomic E-state index is -4.29. The number of halogens is 1. The van der Waals surface area contributed by atoms with Crippen LogP contribution in [0.3, 0.4) is 0 Å². The first-order chi connectivity index (χ1) is 8.97. The minimum Gasteiger partial charge on any atom is -0.323 e. The molecule has 0 fully saturated rings. The van der Waals surface area contributed by atoms with E-state index >= 15 is 0 Å². The molecule has 2 aromatic rings. The molecule has 0 spiro atoms. The number of hydrogen-bond donors (Lipinski definition) is 3. The van der Waals surface area contributed by atoms with E-state index in [2.05, 4.69) is 5.32 Å². The van der Waals surface area contributed by atoms with Gasteiger partial charge in [0.15, 0.2) is 0 Å². The van der Waals surface area contributed by atoms with Crippen LogP contribution in [0.2, 0.25) is 0 Å². The van der Waals surface area contributed by atoms with Crippen LogP contribution in [0, 0.1) is 5.82 Å². The van der Waals surface area contributed by atoms with Crippen LogP contribution in [0.15, 0.2) is 41.1 Å². The van der Waals surface area contributed by atoms with Crippen molar-refractivity contribution >= 4 is 18.9 Å². The first-order valence-electron chi connectivity index (χ1n) is 5.52. The Morgan fingerprint density at radius 3 is 2.47 bits per heavy atom. The molecule has 0 saturated carbocycles. The largest absolute Gasteiger partial charge is 0.346 e. The fourth-order valence-corrected chi connectivity index (χ4v) is 3.34. The Morgan fingerprint density at radius 1 is 1.26 bits per heavy atom. The first kappa shape index (κ1) is 14.4. The number of thiophene rings is 1. The fraction of sp³-hybridized carbons (Fsp3) is 0.167. The maximum absolute atomic E-state index is 12.8. The highest BCUT2D eigenvalue weighted by Crippen LogP contribution is 2.50. The molecule has 0 aliphatic heterocycles. The van der Waals surface area contributed by atoms with Crippen molar-refractivity contribution in [1.82, 2.24) is 5.32 Å². The number of rotatable bonds is 5. The second kappa shape index (κ2) is 5.94. The molecule has 2 rings (SSSR count). The molecule has 102 valence electrons. The topological polar surface area (TPSA) is 69.6 Å². The highest BCUT2D eigenvalue weighted by Gasteiger charge is 2.30. The average molecular weight is 301 g/mol. The van der Waals surface area contributed by atoms with Crippen LogP contribution in [0.4, 0.5) is 4.39 Å². The zero-order chi connectivity index (χ0) is 13.9. The molecule has 4 nitrogen and oxygen atoms in total. The van der Waals surface area contributed by atoms with Gasteiger partial charge in [-0.25, -0.2) is 4.39 Å². The van der Waals surface area contributed by atoms with Crippen molar-refractivity contribution in [1.29, 1.82) is 0 Å². The molecule has 3 N–H and O–H groups in total. The Balaban J connectivity index is 2.10. The molecule has 19 heavy (non-hydrogen) atoms. The SMILES string of the molecule is O=P(O)(O)[C@H](NCc1ccc(F)cc1)c1ccsc1. The van der Waals surface area contributed by atoms with Crippen molar-refractivity contribution < 1.29 is 18.7 Å². The van der Waals surface area contributed by atoms with Gasteiger partial charge in [-0.05, 0) is 40.1 Å². The van der Waals surface area contributed by atoms with Gasteiger partial charge in [-0.1, -0.05) is 12.1 Å². The summed E-state index contributed by atoms with van der Waals surface area (Å²) >= 11 is 1.37. The van der Waals surface area contributed by atoms with Gasteiger partial charge in [0.1, 0.15) is 11.6 Å². The van der Waals surface area contributed by atoms with Gasteiger partial charge in [-0.15, -0.1) is 0 Å². The monoisotopic (exact) mass is 301 g/mol. The number of benzene rings is 1. The minimum absolute atomic E-state index is 0.256. The van der Waals surface area contributed by atoms with Crippen molar-refractivity contribution in [3.63, 3.8) is 0 Å². The Kier molecular flexibility index (Phi) is 4.50. The lowest BCUT2D eigenvalue weighted by atomic mass is 10.2. The van der Waals surface area contributed by atoms with Crippen LogP contribution >= 0.6 is 18.9 Å². The van der Waals surface area contributed by atoms with E-state index in [1.54, 1.807) is 29.0 Å². The first-order valence-corrected chi connectivity index (χ1v) is 8.14. The van der Waals surface area contributed by atoms with Crippen molar-refractivity contribution in [2.24, 2.45) is 0 Å². The highest BCUT2D eigenvalue weighted by molar-refractivity contribution is 7.52. The van der Waals surface area contributed by atoms with Crippen molar-refractivity contribution in [3.8, 4) is 0 Å². The van der Waals surface area contributed by atoms with E-state index in [-0.39, 0.29) is 12.4 Å². The summed E-state index contributed by atoms with van der Waals surface area (Å²) in [6.45, 7) is 0.256. The van der Waals surface area contributed by atoms with Gasteiger partial charge in [0.05, 0.1) is 0 Å². The fourth-order valence-electron chi connectivity index (χ4n) is 1.68. The maximum atomic E-state index is 12.8. The Labute approximate surface area is 114 Å². The van der Waals surface area contributed by atoms with Crippen LogP contribution < -0.4 is 5.32 Å². The predicted molar refractivity (Wildman–Crippen MR) is 72.3 cm³/mol. The van der Waals surface area contributed by atoms with Gasteiger partial charge in [0.25, 0.3) is 0 Å². The molecule has 0 amide bonds. The van der Waals surface area contributed by atoms with Crippen LogP contribution in [0.5, 0.6) is 0 Å². The Hall–Kier alpha value is -1.04. The molecule has 0 bridgehead atoms. The van der Waals surface area contributed by atoms with Gasteiger partial charge in [0, 0.05) is 6.54 Å². The molecule has 0 radical (unpaired) electrons. The van der Waals surface area contributed by atoms with Crippen LogP contribution in [-0.4, -0.2) is 9.79 Å². The predicted octanol–water partition coefficient (Wildman–Crippen LogP) is 2.85. The third kappa shape index (κ3) is 3.96. The van der Waals surface area contributed by atoms with E-state index in [1.165, 1.54) is 23.5 Å². The van der Waals surface area contributed by atoms with E-state index < -0.39 is 13.4 Å². The summed E-state index contributed by atoms with van der Waals surface area (Å²) in [7, 11) is -4.29. The Bertz CT molecular complexity index is 567. The van der Waals surface area contributed by atoms with E-state index in [0.717, 1.165) is 5.56 Å². The standard InChI is InChI=1S/C12H13FNO3PS/c13-11-3-1-9(2-4-11)7-14-12(18(15,16)17)10-5-6-19-8-10/h1-6,8,12,14H,7H2,(H2,15,16,17)/t12-/m0/s1. The average Bonchev–Trinajstić information content (AvgIpc) is 2.83. The van der Waals surface area contributed by atoms with Crippen molar-refractivity contribution in [3.05, 3.63) is 58.0 Å². The smallest absolute Gasteiger partial charge is 0.323 e. The molecule has 1 heterocycles. The highest BCUT2D eigenvalue weighted by atomic mass is 32.1. The van der Waals surface area contributed by atoms with E-state index in [4.69, 9.17) is 0 Å². The molecule has 0 saturated heterocycles. The quantitative estimate of drug-likeness (QED) is 0.743. The van der Waals surface area contributed by atoms with Gasteiger partial charge in [-0.3, -0.25) is 9.88 Å². The summed E-state index contributed by atoms with van der Waals surface area (Å²) < 4.78 is 24.2. The third-order valence-electron chi connectivity index (χ3n) is 2.61. The van der Waals surface area contributed by atoms with E-state index in [0.29, 0.717) is 5.56 Å². The second-order valence-corrected chi connectivity index (χ2v) is 6.53. The summed E-state index contributed by atoms with van der Waals surface area (Å²) in [5, 5.41) is 6.28. The number of hydrogen-bond acceptors (Lipinski definition) is 3. The summed E-state index contributed by atoms with van der Waals surface area (Å²) in [5.74, 6) is -1.38. The number of nitrogens with one attached hydrogen (secondary N) is 1. The van der Waals surface area contributed by atoms with Crippen molar-refractivity contribution in [2.75, 3.05) is 0 Å². The second-order valence-electron chi connectivity index (χ2n) is 4.06. The van der Waals surface area contributed by atoms with E-state index in [9.17, 15) is 18.7 Å². The zero-order valence-corrected chi connectivity index (χ0v) is 11.6. The summed E-state index contributed by atoms with van der Waals surface area (Å²) in [4.78, 5) is 18.7. The molecule has 0 aliphatic carbocycles. The Morgan fingerprint density at radius 2 is 1.95 bits per heavy atom. The van der Waals surface area contributed by atoms with Gasteiger partial charge < -0.3 is 9.79 Å². The third-order valence-corrected chi connectivity index (χ3v) is 4.46. The molecule has 1 aromatic heterocycles. The molecular formula is C12H13FNO3PS. The molecule has 0 aliphatic rings. The van der Waals surface area contributed by atoms with Gasteiger partial charge in [-0.2, -0.15) is 11.3 Å². The van der Waals surface area contributed by atoms with Crippen molar-refractivity contribution in [2.45, 2.75) is 12.3 Å². The summed E-state index contributed by atoms with van der Waals surface area (Å²) in [6, 6.07) is 7.45. The van der Waals surface area contributed by atoms with Crippen LogP contribution in [0.1, 0.15) is 16.9 Å². The molecule has 1 aromatic carbocycles. The normalized spacial score (nSPS) is 13.4. The van der Waals surface area contributed by atoms with Gasteiger partial charge in [0.2, 0.25) is 0 Å². The molecule has 1 atom stereocenters.